The molecule has 0 aromatic heterocycles. The van der Waals surface area contributed by atoms with Gasteiger partial charge in [-0.3, -0.25) is 0 Å². The van der Waals surface area contributed by atoms with Gasteiger partial charge in [0, 0.05) is 0 Å². The predicted molar refractivity (Wildman–Crippen MR) is 61.1 cm³/mol. The standard InChI is InChI=1S/C13H14O2/c1-9(14)10-3-4-12-8-13(15-2)6-5-11(12)7-10/h3-9,14H,1-2H3. The molecular formula is C13H14O2. The van der Waals surface area contributed by atoms with E-state index in [0.717, 1.165) is 22.1 Å². The SMILES string of the molecule is COc1ccc2cc(C(C)O)ccc2c1. The van der Waals surface area contributed by atoms with E-state index < -0.39 is 6.10 Å². The number of aliphatic hydroxyl groups excluding tert-OH is 1. The molecule has 2 rings (SSSR count). The van der Waals surface area contributed by atoms with E-state index in [4.69, 9.17) is 4.74 Å². The number of hydrogen-bond acceptors (Lipinski definition) is 2. The lowest BCUT2D eigenvalue weighted by molar-refractivity contribution is 0.199. The second-order valence-electron chi connectivity index (χ2n) is 3.65. The Kier molecular flexibility index (Phi) is 2.60. The average Bonchev–Trinajstić information content (AvgIpc) is 2.27. The summed E-state index contributed by atoms with van der Waals surface area (Å²) in [6, 6.07) is 11.8. The monoisotopic (exact) mass is 202 g/mol. The molecular weight excluding hydrogens is 188 g/mol. The largest absolute Gasteiger partial charge is 0.497 e. The molecule has 2 aromatic rings. The Morgan fingerprint density at radius 3 is 2.40 bits per heavy atom. The zero-order chi connectivity index (χ0) is 10.8. The number of rotatable bonds is 2. The normalized spacial score (nSPS) is 12.7. The second-order valence-corrected chi connectivity index (χ2v) is 3.65. The third-order valence-corrected chi connectivity index (χ3v) is 2.55. The molecule has 0 heterocycles. The van der Waals surface area contributed by atoms with Gasteiger partial charge in [-0.1, -0.05) is 18.2 Å². The van der Waals surface area contributed by atoms with Crippen molar-refractivity contribution >= 4 is 10.8 Å². The van der Waals surface area contributed by atoms with Crippen molar-refractivity contribution in [2.24, 2.45) is 0 Å². The van der Waals surface area contributed by atoms with Crippen molar-refractivity contribution < 1.29 is 9.84 Å². The van der Waals surface area contributed by atoms with Gasteiger partial charge in [-0.2, -0.15) is 0 Å². The molecule has 15 heavy (non-hydrogen) atoms. The van der Waals surface area contributed by atoms with Gasteiger partial charge in [0.2, 0.25) is 0 Å². The summed E-state index contributed by atoms with van der Waals surface area (Å²) in [5, 5.41) is 11.7. The molecule has 0 fully saturated rings. The van der Waals surface area contributed by atoms with E-state index in [1.54, 1.807) is 14.0 Å². The van der Waals surface area contributed by atoms with E-state index in [-0.39, 0.29) is 0 Å². The van der Waals surface area contributed by atoms with E-state index in [2.05, 4.69) is 0 Å². The molecule has 2 aromatic carbocycles. The van der Waals surface area contributed by atoms with Crippen molar-refractivity contribution in [1.29, 1.82) is 0 Å². The van der Waals surface area contributed by atoms with Crippen LogP contribution in [0.4, 0.5) is 0 Å². The molecule has 2 heteroatoms. The summed E-state index contributed by atoms with van der Waals surface area (Å²) >= 11 is 0. The van der Waals surface area contributed by atoms with Crippen molar-refractivity contribution in [2.45, 2.75) is 13.0 Å². The van der Waals surface area contributed by atoms with Crippen LogP contribution in [0.1, 0.15) is 18.6 Å². The van der Waals surface area contributed by atoms with Gasteiger partial charge >= 0.3 is 0 Å². The molecule has 0 bridgehead atoms. The maximum Gasteiger partial charge on any atom is 0.119 e. The van der Waals surface area contributed by atoms with Crippen LogP contribution >= 0.6 is 0 Å². The van der Waals surface area contributed by atoms with Crippen molar-refractivity contribution in [3.8, 4) is 5.75 Å². The molecule has 0 aliphatic heterocycles. The number of ether oxygens (including phenoxy) is 1. The van der Waals surface area contributed by atoms with Crippen LogP contribution in [0.25, 0.3) is 10.8 Å². The van der Waals surface area contributed by atoms with Crippen molar-refractivity contribution in [3.05, 3.63) is 42.0 Å². The first-order chi connectivity index (χ1) is 7.20. The van der Waals surface area contributed by atoms with E-state index in [9.17, 15) is 5.11 Å². The number of hydrogen-bond donors (Lipinski definition) is 1. The van der Waals surface area contributed by atoms with Gasteiger partial charge in [0.05, 0.1) is 13.2 Å². The molecule has 78 valence electrons. The van der Waals surface area contributed by atoms with Gasteiger partial charge in [0.1, 0.15) is 5.75 Å². The Morgan fingerprint density at radius 2 is 1.73 bits per heavy atom. The Hall–Kier alpha value is -1.54. The van der Waals surface area contributed by atoms with E-state index >= 15 is 0 Å². The Morgan fingerprint density at radius 1 is 1.07 bits per heavy atom. The van der Waals surface area contributed by atoms with Crippen molar-refractivity contribution in [3.63, 3.8) is 0 Å². The summed E-state index contributed by atoms with van der Waals surface area (Å²) in [6.07, 6.45) is -0.420. The van der Waals surface area contributed by atoms with Crippen molar-refractivity contribution in [2.75, 3.05) is 7.11 Å². The molecule has 2 nitrogen and oxygen atoms in total. The fourth-order valence-electron chi connectivity index (χ4n) is 1.63. The number of aliphatic hydroxyl groups is 1. The molecule has 1 unspecified atom stereocenters. The first-order valence-electron chi connectivity index (χ1n) is 4.96. The minimum Gasteiger partial charge on any atom is -0.497 e. The summed E-state index contributed by atoms with van der Waals surface area (Å²) in [4.78, 5) is 0. The topological polar surface area (TPSA) is 29.5 Å². The first-order valence-corrected chi connectivity index (χ1v) is 4.96. The smallest absolute Gasteiger partial charge is 0.119 e. The van der Waals surface area contributed by atoms with Crippen LogP contribution in [0.15, 0.2) is 36.4 Å². The maximum atomic E-state index is 9.46. The Bertz CT molecular complexity index is 475. The first kappa shape index (κ1) is 9.99. The predicted octanol–water partition coefficient (Wildman–Crippen LogP) is 2.90. The zero-order valence-corrected chi connectivity index (χ0v) is 8.90. The molecule has 0 saturated carbocycles. The third kappa shape index (κ3) is 1.95. The molecule has 0 spiro atoms. The molecule has 0 aliphatic rings. The lowest BCUT2D eigenvalue weighted by Crippen LogP contribution is -1.90. The molecule has 0 radical (unpaired) electrons. The van der Waals surface area contributed by atoms with Crippen LogP contribution < -0.4 is 4.74 Å². The third-order valence-electron chi connectivity index (χ3n) is 2.55. The van der Waals surface area contributed by atoms with Crippen LogP contribution in [0.2, 0.25) is 0 Å². The Labute approximate surface area is 89.1 Å². The van der Waals surface area contributed by atoms with Gasteiger partial charge in [-0.15, -0.1) is 0 Å². The lowest BCUT2D eigenvalue weighted by Gasteiger charge is -2.07. The summed E-state index contributed by atoms with van der Waals surface area (Å²) in [5.41, 5.74) is 0.938. The van der Waals surface area contributed by atoms with Gasteiger partial charge in [0.15, 0.2) is 0 Å². The van der Waals surface area contributed by atoms with Gasteiger partial charge < -0.3 is 9.84 Å². The molecule has 0 amide bonds. The van der Waals surface area contributed by atoms with Crippen LogP contribution in [0.5, 0.6) is 5.75 Å². The number of methoxy groups -OCH3 is 1. The van der Waals surface area contributed by atoms with Crippen LogP contribution in [0, 0.1) is 0 Å². The zero-order valence-electron chi connectivity index (χ0n) is 8.90. The van der Waals surface area contributed by atoms with Crippen LogP contribution in [-0.4, -0.2) is 12.2 Å². The summed E-state index contributed by atoms with van der Waals surface area (Å²) < 4.78 is 5.15. The van der Waals surface area contributed by atoms with Crippen LogP contribution in [-0.2, 0) is 0 Å². The second kappa shape index (κ2) is 3.91. The fourth-order valence-corrected chi connectivity index (χ4v) is 1.63. The summed E-state index contributed by atoms with van der Waals surface area (Å²) in [5.74, 6) is 0.854. The van der Waals surface area contributed by atoms with Crippen LogP contribution in [0.3, 0.4) is 0 Å². The highest BCUT2D eigenvalue weighted by atomic mass is 16.5. The number of benzene rings is 2. The lowest BCUT2D eigenvalue weighted by atomic mass is 10.0. The molecule has 1 atom stereocenters. The van der Waals surface area contributed by atoms with E-state index in [1.807, 2.05) is 36.4 Å². The van der Waals surface area contributed by atoms with E-state index in [1.165, 1.54) is 0 Å². The number of fused-ring (bicyclic) bond motifs is 1. The Balaban J connectivity index is 2.55. The molecule has 0 aliphatic carbocycles. The van der Waals surface area contributed by atoms with Crippen molar-refractivity contribution in [1.82, 2.24) is 0 Å². The minimum atomic E-state index is -0.420. The highest BCUT2D eigenvalue weighted by Crippen LogP contribution is 2.23. The van der Waals surface area contributed by atoms with E-state index in [0.29, 0.717) is 0 Å². The molecule has 0 saturated heterocycles. The highest BCUT2D eigenvalue weighted by molar-refractivity contribution is 5.84. The highest BCUT2D eigenvalue weighted by Gasteiger charge is 2.02. The fraction of sp³-hybridized carbons (Fsp3) is 0.231. The minimum absolute atomic E-state index is 0.420. The summed E-state index contributed by atoms with van der Waals surface area (Å²) in [6.45, 7) is 1.77. The summed E-state index contributed by atoms with van der Waals surface area (Å²) in [7, 11) is 1.66. The molecule has 1 N–H and O–H groups in total. The average molecular weight is 202 g/mol. The maximum absolute atomic E-state index is 9.46. The van der Waals surface area contributed by atoms with Gasteiger partial charge in [0.25, 0.3) is 0 Å². The quantitative estimate of drug-likeness (QED) is 0.811. The van der Waals surface area contributed by atoms with Gasteiger partial charge in [-0.05, 0) is 41.5 Å². The van der Waals surface area contributed by atoms with Gasteiger partial charge in [-0.25, -0.2) is 0 Å².